The van der Waals surface area contributed by atoms with Crippen LogP contribution in [0.15, 0.2) is 60.7 Å². The number of carbonyl (C=O) groups excluding carboxylic acids is 3. The van der Waals surface area contributed by atoms with Crippen molar-refractivity contribution in [2.45, 2.75) is 25.9 Å². The van der Waals surface area contributed by atoms with Crippen LogP contribution in [0.25, 0.3) is 0 Å². The Hall–Kier alpha value is -4.89. The van der Waals surface area contributed by atoms with Crippen LogP contribution in [-0.2, 0) is 33.3 Å². The number of hydrogen-bond acceptors (Lipinski definition) is 12. The molecule has 1 saturated heterocycles. The normalized spacial score (nSPS) is 13.2. The Bertz CT molecular complexity index is 1320. The first-order valence-corrected chi connectivity index (χ1v) is 14.2. The third-order valence-electron chi connectivity index (χ3n) is 6.79. The van der Waals surface area contributed by atoms with Gasteiger partial charge in [-0.2, -0.15) is 0 Å². The summed E-state index contributed by atoms with van der Waals surface area (Å²) in [5, 5.41) is 23.4. The van der Waals surface area contributed by atoms with Crippen molar-refractivity contribution in [1.82, 2.24) is 4.90 Å². The number of ether oxygens (including phenoxy) is 5. The predicted octanol–water partition coefficient (Wildman–Crippen LogP) is 4.14. The number of piperidine rings is 1. The number of nitro benzene ring substituents is 2. The molecule has 0 saturated carbocycles. The molecule has 15 heteroatoms. The third kappa shape index (κ3) is 10.4. The van der Waals surface area contributed by atoms with E-state index in [1.54, 1.807) is 6.92 Å². The van der Waals surface area contributed by atoms with Gasteiger partial charge in [0.25, 0.3) is 11.4 Å². The largest absolute Gasteiger partial charge is 0.463 e. The molecule has 1 aliphatic heterocycles. The van der Waals surface area contributed by atoms with Crippen LogP contribution in [0.4, 0.5) is 16.2 Å². The van der Waals surface area contributed by atoms with Crippen molar-refractivity contribution in [2.75, 3.05) is 52.7 Å². The summed E-state index contributed by atoms with van der Waals surface area (Å²) < 4.78 is 26.5. The van der Waals surface area contributed by atoms with Gasteiger partial charge in [-0.1, -0.05) is 30.8 Å². The lowest BCUT2D eigenvalue weighted by molar-refractivity contribution is -0.387. The predicted molar refractivity (Wildman–Crippen MR) is 157 cm³/mol. The Labute approximate surface area is 258 Å². The number of nitrogens with zero attached hydrogens (tertiary/aromatic N) is 3. The van der Waals surface area contributed by atoms with Gasteiger partial charge < -0.3 is 28.6 Å². The Balaban J connectivity index is 1.46. The molecule has 1 fully saturated rings. The van der Waals surface area contributed by atoms with Gasteiger partial charge in [-0.3, -0.25) is 25.0 Å². The van der Waals surface area contributed by atoms with Gasteiger partial charge in [-0.25, -0.2) is 9.59 Å². The van der Waals surface area contributed by atoms with E-state index in [2.05, 4.69) is 6.58 Å². The van der Waals surface area contributed by atoms with Crippen molar-refractivity contribution >= 4 is 29.4 Å². The Morgan fingerprint density at radius 1 is 0.822 bits per heavy atom. The number of nitro groups is 2. The number of likely N-dealkylation sites (tertiary alicyclic amines) is 1. The van der Waals surface area contributed by atoms with E-state index in [-0.39, 0.29) is 75.2 Å². The lowest BCUT2D eigenvalue weighted by Crippen LogP contribution is -2.41. The van der Waals surface area contributed by atoms with Crippen molar-refractivity contribution in [3.05, 3.63) is 92.0 Å². The van der Waals surface area contributed by atoms with Crippen LogP contribution < -0.4 is 0 Å². The highest BCUT2D eigenvalue weighted by Gasteiger charge is 2.35. The quantitative estimate of drug-likeness (QED) is 0.0646. The number of benzene rings is 2. The highest BCUT2D eigenvalue weighted by Crippen LogP contribution is 2.37. The monoisotopic (exact) mass is 629 g/mol. The maximum Gasteiger partial charge on any atom is 0.410 e. The Kier molecular flexibility index (Phi) is 13.4. The van der Waals surface area contributed by atoms with Crippen molar-refractivity contribution in [3.63, 3.8) is 0 Å². The molecule has 0 aliphatic carbocycles. The number of rotatable bonds is 16. The van der Waals surface area contributed by atoms with Crippen LogP contribution in [0.5, 0.6) is 0 Å². The molecule has 0 radical (unpaired) electrons. The number of carbonyl (C=O) groups is 3. The first-order valence-electron chi connectivity index (χ1n) is 14.2. The molecule has 45 heavy (non-hydrogen) atoms. The molecule has 1 amide bonds. The maximum absolute atomic E-state index is 13.2. The third-order valence-corrected chi connectivity index (χ3v) is 6.79. The van der Waals surface area contributed by atoms with Crippen molar-refractivity contribution in [1.29, 1.82) is 0 Å². The molecule has 0 aromatic heterocycles. The van der Waals surface area contributed by atoms with E-state index in [9.17, 15) is 34.6 Å². The molecular formula is C30H35N3O12. The summed E-state index contributed by atoms with van der Waals surface area (Å²) in [6, 6.07) is 11.1. The number of esters is 2. The van der Waals surface area contributed by atoms with Gasteiger partial charge in [0.1, 0.15) is 13.2 Å². The number of amides is 1. The summed E-state index contributed by atoms with van der Waals surface area (Å²) in [5.41, 5.74) is -0.425. The van der Waals surface area contributed by atoms with Crippen molar-refractivity contribution in [3.8, 4) is 0 Å². The van der Waals surface area contributed by atoms with E-state index in [0.29, 0.717) is 18.4 Å². The molecular weight excluding hydrogens is 594 g/mol. The Morgan fingerprint density at radius 2 is 1.29 bits per heavy atom. The molecule has 0 bridgehead atoms. The molecule has 3 rings (SSSR count). The summed E-state index contributed by atoms with van der Waals surface area (Å²) in [4.78, 5) is 60.5. The first kappa shape index (κ1) is 34.6. The van der Waals surface area contributed by atoms with Crippen LogP contribution in [-0.4, -0.2) is 85.5 Å². The molecule has 2 aromatic rings. The van der Waals surface area contributed by atoms with E-state index >= 15 is 0 Å². The van der Waals surface area contributed by atoms with E-state index in [0.717, 1.165) is 0 Å². The molecule has 0 N–H and O–H groups in total. The fourth-order valence-corrected chi connectivity index (χ4v) is 4.48. The summed E-state index contributed by atoms with van der Waals surface area (Å²) in [7, 11) is 0. The van der Waals surface area contributed by atoms with Crippen LogP contribution in [0.1, 0.15) is 37.0 Å². The second-order valence-electron chi connectivity index (χ2n) is 9.97. The lowest BCUT2D eigenvalue weighted by Gasteiger charge is -2.31. The topological polar surface area (TPSA) is 187 Å². The molecule has 0 atom stereocenters. The van der Waals surface area contributed by atoms with Crippen LogP contribution in [0.3, 0.4) is 0 Å². The lowest BCUT2D eigenvalue weighted by atomic mass is 9.97. The summed E-state index contributed by atoms with van der Waals surface area (Å²) >= 11 is 0. The first-order chi connectivity index (χ1) is 21.6. The van der Waals surface area contributed by atoms with Gasteiger partial charge in [0.15, 0.2) is 6.10 Å². The summed E-state index contributed by atoms with van der Waals surface area (Å²) in [6.07, 6.45) is -1.67. The zero-order valence-electron chi connectivity index (χ0n) is 24.8. The zero-order valence-corrected chi connectivity index (χ0v) is 24.8. The molecule has 2 aromatic carbocycles. The van der Waals surface area contributed by atoms with Gasteiger partial charge in [0.2, 0.25) is 0 Å². The van der Waals surface area contributed by atoms with E-state index in [4.69, 9.17) is 23.7 Å². The van der Waals surface area contributed by atoms with E-state index < -0.39 is 39.9 Å². The SMILES string of the molecule is C=C(C)C(=O)OCCOCCOCCOC(=O)C1CCN(C(=O)OC(c2ccccc2[N+](=O)[O-])c2ccccc2[N+](=O)[O-])CC1. The number of para-hydroxylation sites is 2. The van der Waals surface area contributed by atoms with Gasteiger partial charge in [-0.15, -0.1) is 0 Å². The Morgan fingerprint density at radius 3 is 1.78 bits per heavy atom. The average molecular weight is 630 g/mol. The minimum Gasteiger partial charge on any atom is -0.463 e. The molecule has 0 unspecified atom stereocenters. The van der Waals surface area contributed by atoms with E-state index in [1.165, 1.54) is 53.4 Å². The van der Waals surface area contributed by atoms with Gasteiger partial charge in [0.05, 0.1) is 53.3 Å². The fourth-order valence-electron chi connectivity index (χ4n) is 4.48. The van der Waals surface area contributed by atoms with Crippen LogP contribution in [0, 0.1) is 26.1 Å². The average Bonchev–Trinajstić information content (AvgIpc) is 3.04. The minimum atomic E-state index is -1.42. The molecule has 0 spiro atoms. The maximum atomic E-state index is 13.2. The second-order valence-corrected chi connectivity index (χ2v) is 9.97. The molecule has 242 valence electrons. The minimum absolute atomic E-state index is 0.0125. The summed E-state index contributed by atoms with van der Waals surface area (Å²) in [6.45, 7) is 6.35. The molecule has 1 aliphatic rings. The van der Waals surface area contributed by atoms with Gasteiger partial charge >= 0.3 is 18.0 Å². The van der Waals surface area contributed by atoms with Crippen LogP contribution >= 0.6 is 0 Å². The molecule has 15 nitrogen and oxygen atoms in total. The standard InChI is InChI=1S/C30H35N3O12/c1-21(2)28(34)43-19-17-41-15-16-42-18-20-44-29(35)22-11-13-31(14-12-22)30(36)45-27(23-7-3-5-9-25(23)32(37)38)24-8-4-6-10-26(24)33(39)40/h3-10,22,27H,1,11-20H2,2H3. The van der Waals surface area contributed by atoms with Gasteiger partial charge in [-0.05, 0) is 31.9 Å². The smallest absolute Gasteiger partial charge is 0.410 e. The van der Waals surface area contributed by atoms with Crippen molar-refractivity contribution in [2.24, 2.45) is 5.92 Å². The second kappa shape index (κ2) is 17.4. The van der Waals surface area contributed by atoms with Crippen LogP contribution in [0.2, 0.25) is 0 Å². The van der Waals surface area contributed by atoms with Crippen molar-refractivity contribution < 1.29 is 47.9 Å². The molecule has 1 heterocycles. The fraction of sp³-hybridized carbons (Fsp3) is 0.433. The number of hydrogen-bond donors (Lipinski definition) is 0. The highest BCUT2D eigenvalue weighted by molar-refractivity contribution is 5.86. The highest BCUT2D eigenvalue weighted by atomic mass is 16.6. The summed E-state index contributed by atoms with van der Waals surface area (Å²) in [5.74, 6) is -1.37. The van der Waals surface area contributed by atoms with Gasteiger partial charge in [0, 0.05) is 30.8 Å². The van der Waals surface area contributed by atoms with E-state index in [1.807, 2.05) is 0 Å². The zero-order chi connectivity index (χ0) is 32.8.